The Kier molecular flexibility index (Phi) is 8.84. The van der Waals surface area contributed by atoms with E-state index < -0.39 is 0 Å². The van der Waals surface area contributed by atoms with Crippen LogP contribution in [0.5, 0.6) is 0 Å². The summed E-state index contributed by atoms with van der Waals surface area (Å²) in [5.74, 6) is 1.25. The maximum atomic E-state index is 12.4. The normalized spacial score (nSPS) is 21.7. The molecule has 152 valence electrons. The van der Waals surface area contributed by atoms with E-state index in [0.717, 1.165) is 45.3 Å². The molecule has 0 radical (unpaired) electrons. The number of morpholine rings is 1. The number of aliphatic imine (C=N–C) groups is 1. The quantitative estimate of drug-likeness (QED) is 0.384. The third kappa shape index (κ3) is 6.08. The Morgan fingerprint density at radius 1 is 1.26 bits per heavy atom. The number of nitrogens with one attached hydrogen (secondary N) is 1. The summed E-state index contributed by atoms with van der Waals surface area (Å²) in [5, 5.41) is 3.36. The topological polar surface area (TPSA) is 73.6 Å². The lowest BCUT2D eigenvalue weighted by molar-refractivity contribution is -0.0137. The summed E-state index contributed by atoms with van der Waals surface area (Å²) >= 11 is 0. The fraction of sp³-hybridized carbons (Fsp3) is 0.667. The summed E-state index contributed by atoms with van der Waals surface area (Å²) in [6.07, 6.45) is 1.67. The zero-order chi connectivity index (χ0) is 18.4. The van der Waals surface area contributed by atoms with E-state index in [-0.39, 0.29) is 36.0 Å². The van der Waals surface area contributed by atoms with Gasteiger partial charge in [0.25, 0.3) is 5.91 Å². The van der Waals surface area contributed by atoms with Crippen molar-refractivity contribution >= 4 is 35.8 Å². The van der Waals surface area contributed by atoms with Gasteiger partial charge >= 0.3 is 0 Å². The van der Waals surface area contributed by atoms with Gasteiger partial charge < -0.3 is 29.2 Å². The molecule has 1 amide bonds. The van der Waals surface area contributed by atoms with Crippen molar-refractivity contribution < 1.29 is 13.9 Å². The number of guanidine groups is 1. The van der Waals surface area contributed by atoms with Crippen LogP contribution < -0.4 is 5.32 Å². The van der Waals surface area contributed by atoms with E-state index in [9.17, 15) is 4.79 Å². The number of nitrogens with zero attached hydrogens (tertiary/aromatic N) is 4. The van der Waals surface area contributed by atoms with Gasteiger partial charge in [-0.15, -0.1) is 24.0 Å². The third-order valence-electron chi connectivity index (χ3n) is 4.72. The largest absolute Gasteiger partial charge is 0.459 e. The Balaban J connectivity index is 0.00000261. The van der Waals surface area contributed by atoms with E-state index in [2.05, 4.69) is 29.1 Å². The Morgan fingerprint density at radius 3 is 2.63 bits per heavy atom. The Hall–Kier alpha value is -1.33. The van der Waals surface area contributed by atoms with Crippen molar-refractivity contribution in [3.05, 3.63) is 24.2 Å². The van der Waals surface area contributed by atoms with Crippen molar-refractivity contribution in [2.45, 2.75) is 13.0 Å². The maximum absolute atomic E-state index is 12.4. The van der Waals surface area contributed by atoms with Gasteiger partial charge in [-0.2, -0.15) is 0 Å². The highest BCUT2D eigenvalue weighted by atomic mass is 127. The minimum absolute atomic E-state index is 0. The Bertz CT molecular complexity index is 602. The van der Waals surface area contributed by atoms with Crippen LogP contribution in [-0.2, 0) is 4.74 Å². The van der Waals surface area contributed by atoms with E-state index in [0.29, 0.717) is 25.4 Å². The second-order valence-corrected chi connectivity index (χ2v) is 6.71. The number of hydrogen-bond acceptors (Lipinski definition) is 5. The molecular weight excluding hydrogens is 461 g/mol. The van der Waals surface area contributed by atoms with E-state index in [1.54, 1.807) is 12.1 Å². The van der Waals surface area contributed by atoms with E-state index in [1.807, 2.05) is 4.90 Å². The number of likely N-dealkylation sites (N-methyl/N-ethyl adjacent to an activating group) is 1. The molecule has 0 aromatic carbocycles. The molecule has 3 heterocycles. The van der Waals surface area contributed by atoms with Crippen molar-refractivity contribution in [3.63, 3.8) is 0 Å². The summed E-state index contributed by atoms with van der Waals surface area (Å²) in [5.41, 5.74) is 0. The number of carbonyl (C=O) groups is 1. The lowest BCUT2D eigenvalue weighted by Gasteiger charge is -2.36. The molecule has 2 aliphatic heterocycles. The minimum atomic E-state index is -0.0461. The van der Waals surface area contributed by atoms with Crippen LogP contribution in [0.2, 0.25) is 0 Å². The fourth-order valence-corrected chi connectivity index (χ4v) is 3.27. The van der Waals surface area contributed by atoms with Crippen molar-refractivity contribution in [3.8, 4) is 0 Å². The van der Waals surface area contributed by atoms with Crippen LogP contribution in [0.3, 0.4) is 0 Å². The van der Waals surface area contributed by atoms with Gasteiger partial charge in [0.05, 0.1) is 25.5 Å². The number of piperazine rings is 1. The van der Waals surface area contributed by atoms with Crippen molar-refractivity contribution in [1.29, 1.82) is 0 Å². The molecule has 1 aromatic heterocycles. The van der Waals surface area contributed by atoms with Gasteiger partial charge in [0.15, 0.2) is 11.7 Å². The molecule has 3 rings (SSSR count). The first-order valence-electron chi connectivity index (χ1n) is 9.33. The molecule has 27 heavy (non-hydrogen) atoms. The van der Waals surface area contributed by atoms with Gasteiger partial charge in [-0.1, -0.05) is 0 Å². The van der Waals surface area contributed by atoms with Crippen LogP contribution in [0, 0.1) is 0 Å². The zero-order valence-corrected chi connectivity index (χ0v) is 18.4. The van der Waals surface area contributed by atoms with Gasteiger partial charge in [0, 0.05) is 45.8 Å². The minimum Gasteiger partial charge on any atom is -0.459 e. The monoisotopic (exact) mass is 491 g/mol. The molecular formula is C18H30IN5O3. The molecule has 1 unspecified atom stereocenters. The highest BCUT2D eigenvalue weighted by Crippen LogP contribution is 2.10. The van der Waals surface area contributed by atoms with Crippen LogP contribution >= 0.6 is 24.0 Å². The van der Waals surface area contributed by atoms with Gasteiger partial charge in [-0.3, -0.25) is 9.79 Å². The number of ether oxygens (including phenoxy) is 1. The molecule has 0 spiro atoms. The smallest absolute Gasteiger partial charge is 0.289 e. The van der Waals surface area contributed by atoms with Crippen LogP contribution in [0.25, 0.3) is 0 Å². The van der Waals surface area contributed by atoms with Gasteiger partial charge in [-0.25, -0.2) is 0 Å². The number of halogens is 1. The summed E-state index contributed by atoms with van der Waals surface area (Å²) < 4.78 is 11.0. The van der Waals surface area contributed by atoms with Crippen LogP contribution in [-0.4, -0.2) is 98.7 Å². The molecule has 2 fully saturated rings. The first-order chi connectivity index (χ1) is 12.7. The van der Waals surface area contributed by atoms with E-state index in [1.165, 1.54) is 6.26 Å². The summed E-state index contributed by atoms with van der Waals surface area (Å²) in [7, 11) is 2.11. The van der Waals surface area contributed by atoms with Gasteiger partial charge in [0.2, 0.25) is 0 Å². The molecule has 1 N–H and O–H groups in total. The Labute approximate surface area is 177 Å². The highest BCUT2D eigenvalue weighted by Gasteiger charge is 2.25. The highest BCUT2D eigenvalue weighted by molar-refractivity contribution is 14.0. The lowest BCUT2D eigenvalue weighted by atomic mass is 10.3. The average Bonchev–Trinajstić information content (AvgIpc) is 3.19. The van der Waals surface area contributed by atoms with E-state index in [4.69, 9.17) is 14.1 Å². The van der Waals surface area contributed by atoms with Gasteiger partial charge in [0.1, 0.15) is 0 Å². The first-order valence-corrected chi connectivity index (χ1v) is 9.33. The number of carbonyl (C=O) groups excluding carboxylic acids is 1. The molecule has 9 heteroatoms. The van der Waals surface area contributed by atoms with Crippen molar-refractivity contribution in [2.24, 2.45) is 4.99 Å². The van der Waals surface area contributed by atoms with Gasteiger partial charge in [-0.05, 0) is 26.1 Å². The van der Waals surface area contributed by atoms with Crippen molar-refractivity contribution in [2.75, 3.05) is 66.0 Å². The Morgan fingerprint density at radius 2 is 2.00 bits per heavy atom. The molecule has 0 aliphatic carbocycles. The lowest BCUT2D eigenvalue weighted by Crippen LogP contribution is -2.54. The summed E-state index contributed by atoms with van der Waals surface area (Å²) in [6.45, 7) is 9.01. The first kappa shape index (κ1) is 22.0. The maximum Gasteiger partial charge on any atom is 0.289 e. The third-order valence-corrected chi connectivity index (χ3v) is 4.72. The predicted octanol–water partition coefficient (Wildman–Crippen LogP) is 0.952. The zero-order valence-electron chi connectivity index (χ0n) is 16.1. The van der Waals surface area contributed by atoms with Crippen LogP contribution in [0.1, 0.15) is 17.5 Å². The van der Waals surface area contributed by atoms with Crippen LogP contribution in [0.15, 0.2) is 27.8 Å². The van der Waals surface area contributed by atoms with E-state index >= 15 is 0 Å². The number of rotatable bonds is 4. The number of hydrogen-bond donors (Lipinski definition) is 1. The molecule has 0 bridgehead atoms. The molecule has 8 nitrogen and oxygen atoms in total. The fourth-order valence-electron chi connectivity index (χ4n) is 3.27. The number of furan rings is 1. The summed E-state index contributed by atoms with van der Waals surface area (Å²) in [6, 6.07) is 3.45. The van der Waals surface area contributed by atoms with Crippen molar-refractivity contribution in [1.82, 2.24) is 20.0 Å². The molecule has 1 atom stereocenters. The SMILES string of the molecule is CCNC(=NCC1CN(C)CCO1)N1CCN(C(=O)c2ccco2)CC1.I. The average molecular weight is 491 g/mol. The predicted molar refractivity (Wildman–Crippen MR) is 115 cm³/mol. The number of amides is 1. The summed E-state index contributed by atoms with van der Waals surface area (Å²) in [4.78, 5) is 23.5. The second kappa shape index (κ2) is 10.9. The molecule has 0 saturated carbocycles. The molecule has 2 saturated heterocycles. The second-order valence-electron chi connectivity index (χ2n) is 6.71. The molecule has 2 aliphatic rings. The standard InChI is InChI=1S/C18H29N5O3.HI/c1-3-19-18(20-13-15-14-21(2)10-12-25-15)23-8-6-22(7-9-23)17(24)16-5-4-11-26-16;/h4-5,11,15H,3,6-10,12-14H2,1-2H3,(H,19,20);1H. The van der Waals surface area contributed by atoms with Crippen LogP contribution in [0.4, 0.5) is 0 Å². The molecule has 1 aromatic rings.